The molecular weight excluding hydrogens is 367 g/mol. The van der Waals surface area contributed by atoms with Crippen molar-refractivity contribution in [3.63, 3.8) is 0 Å². The second kappa shape index (κ2) is 6.22. The Morgan fingerprint density at radius 3 is 2.54 bits per heavy atom. The molecule has 4 rings (SSSR count). The van der Waals surface area contributed by atoms with Crippen LogP contribution in [-0.2, 0) is 14.4 Å². The zero-order valence-electron chi connectivity index (χ0n) is 15.0. The highest BCUT2D eigenvalue weighted by Crippen LogP contribution is 2.36. The summed E-state index contributed by atoms with van der Waals surface area (Å²) in [5.74, 6) is -3.37. The van der Waals surface area contributed by atoms with Crippen molar-refractivity contribution in [3.05, 3.63) is 53.0 Å². The molecule has 3 amide bonds. The number of para-hydroxylation sites is 1. The number of carbonyl (C=O) groups is 4. The number of fused-ring (bicyclic) bond motifs is 2. The monoisotopic (exact) mass is 382 g/mol. The molecule has 2 atom stereocenters. The van der Waals surface area contributed by atoms with Crippen LogP contribution >= 0.6 is 0 Å². The van der Waals surface area contributed by atoms with Crippen LogP contribution < -0.4 is 5.32 Å². The number of nitrogens with zero attached hydrogens (tertiary/aromatic N) is 3. The van der Waals surface area contributed by atoms with Gasteiger partial charge in [-0.2, -0.15) is 0 Å². The van der Waals surface area contributed by atoms with Crippen LogP contribution in [0.4, 0.5) is 14.9 Å². The summed E-state index contributed by atoms with van der Waals surface area (Å²) < 4.78 is 13.9. The maximum Gasteiger partial charge on any atom is 0.327 e. The van der Waals surface area contributed by atoms with E-state index >= 15 is 0 Å². The fourth-order valence-corrected chi connectivity index (χ4v) is 3.54. The van der Waals surface area contributed by atoms with Crippen molar-refractivity contribution in [2.45, 2.75) is 6.17 Å². The SMILES string of the molecule is CN1C(=O)C2C3=C(C=NC2N(C)C1=O)C(=O)C(Nc1ccccc1F)=CC3=O. The number of rotatable bonds is 2. The van der Waals surface area contributed by atoms with Crippen molar-refractivity contribution in [1.29, 1.82) is 0 Å². The summed E-state index contributed by atoms with van der Waals surface area (Å²) in [5, 5.41) is 2.63. The molecule has 3 aliphatic rings. The fourth-order valence-electron chi connectivity index (χ4n) is 3.54. The van der Waals surface area contributed by atoms with E-state index < -0.39 is 41.4 Å². The molecule has 2 unspecified atom stereocenters. The lowest BCUT2D eigenvalue weighted by molar-refractivity contribution is -0.136. The van der Waals surface area contributed by atoms with Gasteiger partial charge in [-0.3, -0.25) is 24.3 Å². The Morgan fingerprint density at radius 2 is 1.82 bits per heavy atom. The van der Waals surface area contributed by atoms with Crippen LogP contribution in [0, 0.1) is 11.7 Å². The minimum Gasteiger partial charge on any atom is -0.350 e. The largest absolute Gasteiger partial charge is 0.350 e. The van der Waals surface area contributed by atoms with Gasteiger partial charge >= 0.3 is 6.03 Å². The second-order valence-corrected chi connectivity index (χ2v) is 6.64. The third-order valence-electron chi connectivity index (χ3n) is 5.01. The number of amides is 3. The van der Waals surface area contributed by atoms with Gasteiger partial charge in [-0.25, -0.2) is 9.18 Å². The number of imide groups is 1. The molecule has 9 heteroatoms. The van der Waals surface area contributed by atoms with Gasteiger partial charge in [0.2, 0.25) is 11.7 Å². The zero-order valence-corrected chi connectivity index (χ0v) is 15.0. The van der Waals surface area contributed by atoms with Crippen molar-refractivity contribution >= 4 is 35.4 Å². The van der Waals surface area contributed by atoms with E-state index in [1.54, 1.807) is 6.07 Å². The van der Waals surface area contributed by atoms with E-state index in [9.17, 15) is 23.6 Å². The molecule has 0 saturated carbocycles. The number of urea groups is 1. The molecule has 1 aromatic rings. The highest BCUT2D eigenvalue weighted by atomic mass is 19.1. The number of benzene rings is 1. The van der Waals surface area contributed by atoms with Gasteiger partial charge in [0.15, 0.2) is 5.78 Å². The van der Waals surface area contributed by atoms with E-state index in [1.165, 1.54) is 43.4 Å². The van der Waals surface area contributed by atoms with Crippen LogP contribution in [0.2, 0.25) is 0 Å². The zero-order chi connectivity index (χ0) is 20.2. The molecule has 1 fully saturated rings. The van der Waals surface area contributed by atoms with Crippen LogP contribution in [-0.4, -0.2) is 59.8 Å². The summed E-state index contributed by atoms with van der Waals surface area (Å²) >= 11 is 0. The third kappa shape index (κ3) is 2.47. The van der Waals surface area contributed by atoms with Crippen molar-refractivity contribution < 1.29 is 23.6 Å². The minimum absolute atomic E-state index is 0.000263. The Bertz CT molecular complexity index is 1040. The predicted octanol–water partition coefficient (Wildman–Crippen LogP) is 1.12. The molecular formula is C19H15FN4O4. The van der Waals surface area contributed by atoms with Gasteiger partial charge in [-0.15, -0.1) is 0 Å². The van der Waals surface area contributed by atoms with Crippen molar-refractivity contribution in [2.24, 2.45) is 10.9 Å². The Hall–Kier alpha value is -3.62. The number of anilines is 1. The molecule has 1 aromatic carbocycles. The van der Waals surface area contributed by atoms with Crippen LogP contribution in [0.3, 0.4) is 0 Å². The molecule has 142 valence electrons. The molecule has 2 heterocycles. The number of allylic oxidation sites excluding steroid dienone is 2. The summed E-state index contributed by atoms with van der Waals surface area (Å²) in [6.45, 7) is 0. The molecule has 28 heavy (non-hydrogen) atoms. The number of aliphatic imine (C=N–C) groups is 1. The molecule has 2 aliphatic heterocycles. The normalized spacial score (nSPS) is 24.3. The number of hydrogen-bond donors (Lipinski definition) is 1. The van der Waals surface area contributed by atoms with Gasteiger partial charge < -0.3 is 10.2 Å². The fraction of sp³-hybridized carbons (Fsp3) is 0.211. The van der Waals surface area contributed by atoms with Crippen molar-refractivity contribution in [1.82, 2.24) is 9.80 Å². The molecule has 0 bridgehead atoms. The van der Waals surface area contributed by atoms with Gasteiger partial charge in [0.1, 0.15) is 17.9 Å². The van der Waals surface area contributed by atoms with Gasteiger partial charge in [0.05, 0.1) is 17.0 Å². The standard InChI is InChI=1S/C19H15FN4O4/c1-23-17-15(18(27)24(2)19(23)28)14-9(8-21-17)16(26)12(7-13(14)25)22-11-6-4-3-5-10(11)20/h3-8,15,17,22H,1-2H3. The van der Waals surface area contributed by atoms with Gasteiger partial charge in [0.25, 0.3) is 0 Å². The molecule has 0 spiro atoms. The van der Waals surface area contributed by atoms with Crippen LogP contribution in [0.25, 0.3) is 0 Å². The third-order valence-corrected chi connectivity index (χ3v) is 5.01. The summed E-state index contributed by atoms with van der Waals surface area (Å²) in [6.07, 6.45) is 1.36. The van der Waals surface area contributed by atoms with Gasteiger partial charge in [-0.1, -0.05) is 12.1 Å². The lowest BCUT2D eigenvalue weighted by Crippen LogP contribution is -2.60. The molecule has 1 aliphatic carbocycles. The predicted molar refractivity (Wildman–Crippen MR) is 96.8 cm³/mol. The molecule has 1 saturated heterocycles. The first-order valence-corrected chi connectivity index (χ1v) is 8.45. The Balaban J connectivity index is 1.72. The van der Waals surface area contributed by atoms with E-state index in [4.69, 9.17) is 0 Å². The van der Waals surface area contributed by atoms with Gasteiger partial charge in [-0.05, 0) is 12.1 Å². The smallest absolute Gasteiger partial charge is 0.327 e. The average molecular weight is 382 g/mol. The maximum atomic E-state index is 13.9. The number of hydrogen-bond acceptors (Lipinski definition) is 6. The lowest BCUT2D eigenvalue weighted by atomic mass is 9.79. The van der Waals surface area contributed by atoms with Crippen LogP contribution in [0.5, 0.6) is 0 Å². The topological polar surface area (TPSA) is 99.2 Å². The first-order valence-electron chi connectivity index (χ1n) is 8.45. The molecule has 8 nitrogen and oxygen atoms in total. The number of halogens is 1. The maximum absolute atomic E-state index is 13.9. The Morgan fingerprint density at radius 1 is 1.11 bits per heavy atom. The van der Waals surface area contributed by atoms with E-state index in [0.717, 1.165) is 11.0 Å². The number of nitrogens with one attached hydrogen (secondary N) is 1. The molecule has 0 radical (unpaired) electrons. The van der Waals surface area contributed by atoms with Gasteiger partial charge in [0, 0.05) is 32.0 Å². The molecule has 0 aromatic heterocycles. The molecule has 1 N–H and O–H groups in total. The van der Waals surface area contributed by atoms with Crippen molar-refractivity contribution in [3.8, 4) is 0 Å². The van der Waals surface area contributed by atoms with E-state index in [-0.39, 0.29) is 22.5 Å². The first-order chi connectivity index (χ1) is 13.3. The quantitative estimate of drug-likeness (QED) is 0.773. The Labute approximate surface area is 159 Å². The lowest BCUT2D eigenvalue weighted by Gasteiger charge is -2.42. The first kappa shape index (κ1) is 17.8. The van der Waals surface area contributed by atoms with E-state index in [2.05, 4.69) is 10.3 Å². The Kier molecular flexibility index (Phi) is 3.95. The minimum atomic E-state index is -1.06. The number of carbonyl (C=O) groups excluding carboxylic acids is 4. The van der Waals surface area contributed by atoms with E-state index in [0.29, 0.717) is 0 Å². The second-order valence-electron chi connectivity index (χ2n) is 6.64. The van der Waals surface area contributed by atoms with E-state index in [1.807, 2.05) is 0 Å². The summed E-state index contributed by atoms with van der Waals surface area (Å²) in [7, 11) is 2.79. The average Bonchev–Trinajstić information content (AvgIpc) is 2.69. The van der Waals surface area contributed by atoms with Crippen molar-refractivity contribution in [2.75, 3.05) is 19.4 Å². The highest BCUT2D eigenvalue weighted by Gasteiger charge is 2.50. The summed E-state index contributed by atoms with van der Waals surface area (Å²) in [5.41, 5.74) is -0.0967. The highest BCUT2D eigenvalue weighted by molar-refractivity contribution is 6.33. The number of Topliss-reactive ketones (excluding diaryl/α,β-unsaturated/α-hetero) is 1. The number of dihydropyridines is 1. The van der Waals surface area contributed by atoms with Crippen LogP contribution in [0.15, 0.2) is 52.2 Å². The number of ketones is 2. The summed E-state index contributed by atoms with van der Waals surface area (Å²) in [6, 6.07) is 5.20. The summed E-state index contributed by atoms with van der Waals surface area (Å²) in [4.78, 5) is 56.8. The van der Waals surface area contributed by atoms with Crippen LogP contribution in [0.1, 0.15) is 0 Å².